The summed E-state index contributed by atoms with van der Waals surface area (Å²) in [6.45, 7) is 5.41. The highest BCUT2D eigenvalue weighted by molar-refractivity contribution is 7.89. The number of anilines is 1. The van der Waals surface area contributed by atoms with Crippen molar-refractivity contribution in [1.29, 1.82) is 0 Å². The van der Waals surface area contributed by atoms with Gasteiger partial charge in [0.2, 0.25) is 10.0 Å². The highest BCUT2D eigenvalue weighted by atomic mass is 32.2. The summed E-state index contributed by atoms with van der Waals surface area (Å²) >= 11 is 0. The highest BCUT2D eigenvalue weighted by Gasteiger charge is 2.24. The number of nitrogens with zero attached hydrogens (tertiary/aromatic N) is 2. The summed E-state index contributed by atoms with van der Waals surface area (Å²) in [5, 5.41) is 3.36. The number of amides is 1. The van der Waals surface area contributed by atoms with Gasteiger partial charge in [0.25, 0.3) is 5.91 Å². The van der Waals surface area contributed by atoms with Gasteiger partial charge in [0, 0.05) is 44.5 Å². The average Bonchev–Trinajstić information content (AvgIpc) is 2.72. The maximum atomic E-state index is 12.9. The van der Waals surface area contributed by atoms with Crippen molar-refractivity contribution in [1.82, 2.24) is 9.21 Å². The highest BCUT2D eigenvalue weighted by Crippen LogP contribution is 2.23. The molecule has 1 amide bonds. The third-order valence-corrected chi connectivity index (χ3v) is 7.51. The fraction of sp³-hybridized carbons (Fsp3) is 0.435. The lowest BCUT2D eigenvalue weighted by molar-refractivity contribution is 0.0635. The summed E-state index contributed by atoms with van der Waals surface area (Å²) in [5.74, 6) is 0.0958. The van der Waals surface area contributed by atoms with Crippen LogP contribution in [0.1, 0.15) is 47.7 Å². The van der Waals surface area contributed by atoms with Crippen molar-refractivity contribution in [2.45, 2.75) is 50.6 Å². The monoisotopic (exact) mass is 429 g/mol. The fourth-order valence-corrected chi connectivity index (χ4v) is 4.76. The zero-order valence-corrected chi connectivity index (χ0v) is 19.0. The van der Waals surface area contributed by atoms with Crippen LogP contribution in [0.2, 0.25) is 0 Å². The molecule has 1 saturated heterocycles. The Morgan fingerprint density at radius 2 is 1.93 bits per heavy atom. The van der Waals surface area contributed by atoms with Crippen molar-refractivity contribution in [3.8, 4) is 0 Å². The molecule has 0 aromatic heterocycles. The number of hydrogen-bond acceptors (Lipinski definition) is 4. The lowest BCUT2D eigenvalue weighted by Gasteiger charge is -2.33. The van der Waals surface area contributed by atoms with Crippen LogP contribution in [0.15, 0.2) is 47.4 Å². The number of sulfonamides is 1. The first kappa shape index (κ1) is 22.3. The van der Waals surface area contributed by atoms with E-state index in [2.05, 4.69) is 12.2 Å². The topological polar surface area (TPSA) is 69.7 Å². The van der Waals surface area contributed by atoms with Crippen LogP contribution in [0.3, 0.4) is 0 Å². The molecule has 30 heavy (non-hydrogen) atoms. The molecule has 1 N–H and O–H groups in total. The first-order valence-electron chi connectivity index (χ1n) is 10.4. The van der Waals surface area contributed by atoms with Gasteiger partial charge >= 0.3 is 0 Å². The number of carbonyl (C=O) groups excluding carboxylic acids is 1. The van der Waals surface area contributed by atoms with Crippen LogP contribution < -0.4 is 5.32 Å². The number of nitrogens with one attached hydrogen (secondary N) is 1. The van der Waals surface area contributed by atoms with Gasteiger partial charge in [0.15, 0.2) is 0 Å². The van der Waals surface area contributed by atoms with Crippen LogP contribution in [0.25, 0.3) is 0 Å². The molecule has 6 nitrogen and oxygen atoms in total. The predicted octanol–water partition coefficient (Wildman–Crippen LogP) is 3.87. The molecule has 1 aliphatic rings. The Bertz CT molecular complexity index is 1020. The molecule has 0 saturated carbocycles. The summed E-state index contributed by atoms with van der Waals surface area (Å²) in [6, 6.07) is 13.0. The molecule has 1 aliphatic heterocycles. The fourth-order valence-electron chi connectivity index (χ4n) is 3.78. The molecule has 1 atom stereocenters. The van der Waals surface area contributed by atoms with E-state index in [9.17, 15) is 13.2 Å². The molecule has 7 heteroatoms. The van der Waals surface area contributed by atoms with Gasteiger partial charge in [0.05, 0.1) is 4.90 Å². The van der Waals surface area contributed by atoms with Gasteiger partial charge < -0.3 is 10.2 Å². The van der Waals surface area contributed by atoms with Gasteiger partial charge in [-0.2, -0.15) is 0 Å². The first-order chi connectivity index (χ1) is 14.2. The Balaban J connectivity index is 1.71. The second kappa shape index (κ2) is 9.18. The normalized spacial score (nSPS) is 17.2. The van der Waals surface area contributed by atoms with Crippen molar-refractivity contribution in [3.05, 3.63) is 59.2 Å². The minimum atomic E-state index is -3.46. The molecule has 0 bridgehead atoms. The Hall–Kier alpha value is -2.38. The van der Waals surface area contributed by atoms with Gasteiger partial charge in [-0.1, -0.05) is 12.1 Å². The van der Waals surface area contributed by atoms with Crippen LogP contribution in [0.5, 0.6) is 0 Å². The van der Waals surface area contributed by atoms with Crippen LogP contribution in [0, 0.1) is 6.92 Å². The van der Waals surface area contributed by atoms with Crippen molar-refractivity contribution in [3.63, 3.8) is 0 Å². The van der Waals surface area contributed by atoms with E-state index in [1.807, 2.05) is 36.1 Å². The molecule has 1 heterocycles. The maximum Gasteiger partial charge on any atom is 0.254 e. The third-order valence-electron chi connectivity index (χ3n) is 5.70. The summed E-state index contributed by atoms with van der Waals surface area (Å²) in [6.07, 6.45) is 3.31. The Kier molecular flexibility index (Phi) is 6.83. The maximum absolute atomic E-state index is 12.9. The summed E-state index contributed by atoms with van der Waals surface area (Å²) in [5.41, 5.74) is 3.51. The standard InChI is InChI=1S/C23H31N3O3S/c1-17-14-20(23(27)26-13-6-5-8-18(26)2)11-12-22(17)24-16-19-9-7-10-21(15-19)30(28,29)25(3)4/h7,9-12,14-15,18,24H,5-6,8,13,16H2,1-4H3. The van der Waals surface area contributed by atoms with Crippen LogP contribution in [0.4, 0.5) is 5.69 Å². The molecule has 2 aromatic rings. The van der Waals surface area contributed by atoms with Gasteiger partial charge in [-0.05, 0) is 74.6 Å². The van der Waals surface area contributed by atoms with Crippen LogP contribution in [-0.4, -0.2) is 50.2 Å². The van der Waals surface area contributed by atoms with Gasteiger partial charge in [-0.25, -0.2) is 12.7 Å². The van der Waals surface area contributed by atoms with Gasteiger partial charge in [0.1, 0.15) is 0 Å². The SMILES string of the molecule is Cc1cc(C(=O)N2CCCCC2C)ccc1NCc1cccc(S(=O)(=O)N(C)C)c1. The van der Waals surface area contributed by atoms with E-state index in [0.717, 1.165) is 36.2 Å². The van der Waals surface area contributed by atoms with Crippen molar-refractivity contribution < 1.29 is 13.2 Å². The van der Waals surface area contributed by atoms with E-state index >= 15 is 0 Å². The van der Waals surface area contributed by atoms with E-state index < -0.39 is 10.0 Å². The molecular formula is C23H31N3O3S. The van der Waals surface area contributed by atoms with Crippen molar-refractivity contribution in [2.75, 3.05) is 26.0 Å². The van der Waals surface area contributed by atoms with E-state index in [4.69, 9.17) is 0 Å². The predicted molar refractivity (Wildman–Crippen MR) is 120 cm³/mol. The Morgan fingerprint density at radius 1 is 1.17 bits per heavy atom. The Morgan fingerprint density at radius 3 is 2.60 bits per heavy atom. The number of aryl methyl sites for hydroxylation is 1. The first-order valence-corrected chi connectivity index (χ1v) is 11.8. The Labute approximate surface area is 179 Å². The largest absolute Gasteiger partial charge is 0.381 e. The molecule has 1 unspecified atom stereocenters. The lowest BCUT2D eigenvalue weighted by Crippen LogP contribution is -2.42. The lowest BCUT2D eigenvalue weighted by atomic mass is 10.0. The average molecular weight is 430 g/mol. The quantitative estimate of drug-likeness (QED) is 0.757. The molecular weight excluding hydrogens is 398 g/mol. The minimum absolute atomic E-state index is 0.0958. The summed E-state index contributed by atoms with van der Waals surface area (Å²) in [7, 11) is -0.408. The van der Waals surface area contributed by atoms with Crippen LogP contribution in [-0.2, 0) is 16.6 Å². The summed E-state index contributed by atoms with van der Waals surface area (Å²) in [4.78, 5) is 15.1. The smallest absolute Gasteiger partial charge is 0.254 e. The number of benzene rings is 2. The van der Waals surface area contributed by atoms with Crippen molar-refractivity contribution in [2.24, 2.45) is 0 Å². The van der Waals surface area contributed by atoms with Crippen LogP contribution >= 0.6 is 0 Å². The van der Waals surface area contributed by atoms with Gasteiger partial charge in [-0.3, -0.25) is 4.79 Å². The molecule has 0 spiro atoms. The zero-order chi connectivity index (χ0) is 21.9. The van der Waals surface area contributed by atoms with E-state index in [-0.39, 0.29) is 16.8 Å². The van der Waals surface area contributed by atoms with Crippen molar-refractivity contribution >= 4 is 21.6 Å². The minimum Gasteiger partial charge on any atom is -0.381 e. The molecule has 3 rings (SSSR count). The second-order valence-corrected chi connectivity index (χ2v) is 10.3. The summed E-state index contributed by atoms with van der Waals surface area (Å²) < 4.78 is 25.9. The molecule has 1 fully saturated rings. The second-order valence-electron chi connectivity index (χ2n) is 8.16. The van der Waals surface area contributed by atoms with E-state index in [0.29, 0.717) is 12.1 Å². The number of likely N-dealkylation sites (tertiary alicyclic amines) is 1. The molecule has 2 aromatic carbocycles. The van der Waals surface area contributed by atoms with Gasteiger partial charge in [-0.15, -0.1) is 0 Å². The number of rotatable bonds is 6. The number of hydrogen-bond donors (Lipinski definition) is 1. The molecule has 0 aliphatic carbocycles. The molecule has 162 valence electrons. The number of carbonyl (C=O) groups is 1. The van der Waals surface area contributed by atoms with E-state index in [1.165, 1.54) is 24.8 Å². The third kappa shape index (κ3) is 4.84. The number of piperidine rings is 1. The molecule has 0 radical (unpaired) electrons. The van der Waals surface area contributed by atoms with E-state index in [1.54, 1.807) is 18.2 Å². The zero-order valence-electron chi connectivity index (χ0n) is 18.2.